The molecule has 3 aromatic carbocycles. The van der Waals surface area contributed by atoms with Gasteiger partial charge >= 0.3 is 0 Å². The Morgan fingerprint density at radius 3 is 2.22 bits per heavy atom. The number of benzene rings is 3. The van der Waals surface area contributed by atoms with Gasteiger partial charge in [0.25, 0.3) is 11.1 Å². The van der Waals surface area contributed by atoms with E-state index in [2.05, 4.69) is 5.10 Å². The second-order valence-electron chi connectivity index (χ2n) is 5.52. The normalized spacial score (nSPS) is 11.1. The van der Waals surface area contributed by atoms with Crippen molar-refractivity contribution in [3.63, 3.8) is 0 Å². The number of nitrogens with zero attached hydrogens (tertiary/aromatic N) is 1. The highest BCUT2D eigenvalue weighted by Gasteiger charge is 2.08. The Balaban J connectivity index is 1.92. The van der Waals surface area contributed by atoms with E-state index in [1.165, 1.54) is 4.68 Å². The predicted molar refractivity (Wildman–Crippen MR) is 91.9 cm³/mol. The van der Waals surface area contributed by atoms with Crippen LogP contribution >= 0.6 is 0 Å². The summed E-state index contributed by atoms with van der Waals surface area (Å²) in [6.45, 7) is 0.334. The van der Waals surface area contributed by atoms with E-state index < -0.39 is 0 Å². The van der Waals surface area contributed by atoms with Crippen molar-refractivity contribution in [2.45, 2.75) is 6.54 Å². The third-order valence-electron chi connectivity index (χ3n) is 4.09. The van der Waals surface area contributed by atoms with Crippen LogP contribution in [0.2, 0.25) is 0 Å². The molecule has 1 heterocycles. The second kappa shape index (κ2) is 5.25. The molecule has 0 amide bonds. The summed E-state index contributed by atoms with van der Waals surface area (Å²) in [5.41, 5.74) is 0.560. The maximum atomic E-state index is 12.6. The number of aromatic nitrogens is 2. The van der Waals surface area contributed by atoms with E-state index in [1.807, 2.05) is 42.5 Å². The first-order valence-electron chi connectivity index (χ1n) is 7.42. The summed E-state index contributed by atoms with van der Waals surface area (Å²) >= 11 is 0. The van der Waals surface area contributed by atoms with Gasteiger partial charge in [-0.2, -0.15) is 0 Å². The Bertz CT molecular complexity index is 1130. The molecule has 112 valence electrons. The molecule has 4 heteroatoms. The molecule has 0 aliphatic carbocycles. The number of aromatic amines is 1. The summed E-state index contributed by atoms with van der Waals surface area (Å²) in [5.74, 6) is 0. The topological polar surface area (TPSA) is 54.9 Å². The van der Waals surface area contributed by atoms with Crippen LogP contribution in [0, 0.1) is 0 Å². The Morgan fingerprint density at radius 1 is 0.739 bits per heavy atom. The van der Waals surface area contributed by atoms with Gasteiger partial charge in [-0.3, -0.25) is 14.7 Å². The summed E-state index contributed by atoms with van der Waals surface area (Å²) in [6.07, 6.45) is 0. The van der Waals surface area contributed by atoms with Crippen LogP contribution in [0.1, 0.15) is 5.56 Å². The summed E-state index contributed by atoms with van der Waals surface area (Å²) in [5, 5.41) is 5.74. The minimum absolute atomic E-state index is 0.187. The molecular formula is C19H14N2O2. The van der Waals surface area contributed by atoms with Gasteiger partial charge in [-0.25, -0.2) is 4.68 Å². The number of rotatable bonds is 2. The van der Waals surface area contributed by atoms with Crippen LogP contribution in [-0.4, -0.2) is 9.78 Å². The third kappa shape index (κ3) is 2.25. The molecule has 4 rings (SSSR count). The minimum atomic E-state index is -0.250. The Labute approximate surface area is 131 Å². The molecule has 0 aliphatic rings. The molecule has 0 saturated heterocycles. The lowest BCUT2D eigenvalue weighted by atomic mass is 10.0. The molecule has 0 aliphatic heterocycles. The van der Waals surface area contributed by atoms with Gasteiger partial charge < -0.3 is 0 Å². The lowest BCUT2D eigenvalue weighted by Crippen LogP contribution is -2.30. The van der Waals surface area contributed by atoms with Crippen LogP contribution in [0.15, 0.2) is 76.3 Å². The van der Waals surface area contributed by atoms with E-state index in [4.69, 9.17) is 0 Å². The number of H-pyrrole nitrogens is 1. The van der Waals surface area contributed by atoms with Crippen molar-refractivity contribution in [2.75, 3.05) is 0 Å². The molecule has 4 nitrogen and oxygen atoms in total. The molecule has 1 aromatic heterocycles. The lowest BCUT2D eigenvalue weighted by Gasteiger charge is -2.10. The summed E-state index contributed by atoms with van der Waals surface area (Å²) in [6, 6.07) is 20.9. The van der Waals surface area contributed by atoms with Crippen molar-refractivity contribution < 1.29 is 0 Å². The van der Waals surface area contributed by atoms with Crippen LogP contribution in [0.4, 0.5) is 0 Å². The molecular weight excluding hydrogens is 288 g/mol. The molecule has 0 bridgehead atoms. The molecule has 0 radical (unpaired) electrons. The molecule has 0 spiro atoms. The fourth-order valence-corrected chi connectivity index (χ4v) is 2.96. The van der Waals surface area contributed by atoms with E-state index in [9.17, 15) is 9.59 Å². The highest BCUT2D eigenvalue weighted by atomic mass is 16.2. The standard InChI is InChI=1S/C19H14N2O2/c22-18-16-10-3-4-11-17(16)19(23)21(20-18)12-14-8-5-7-13-6-1-2-9-15(13)14/h1-11H,12H2,(H,20,22). The predicted octanol–water partition coefficient (Wildman–Crippen LogP) is 2.89. The summed E-state index contributed by atoms with van der Waals surface area (Å²) in [4.78, 5) is 24.8. The SMILES string of the molecule is O=c1[nH]n(Cc2cccc3ccccc23)c(=O)c2ccccc12. The molecule has 0 fully saturated rings. The van der Waals surface area contributed by atoms with E-state index in [-0.39, 0.29) is 11.1 Å². The summed E-state index contributed by atoms with van der Waals surface area (Å²) < 4.78 is 1.38. The molecule has 1 N–H and O–H groups in total. The Hall–Kier alpha value is -3.14. The summed E-state index contributed by atoms with van der Waals surface area (Å²) in [7, 11) is 0. The largest absolute Gasteiger partial charge is 0.273 e. The van der Waals surface area contributed by atoms with Gasteiger partial charge in [-0.05, 0) is 28.5 Å². The van der Waals surface area contributed by atoms with Gasteiger partial charge in [-0.1, -0.05) is 54.6 Å². The minimum Gasteiger partial charge on any atom is -0.267 e. The van der Waals surface area contributed by atoms with Crippen molar-refractivity contribution in [1.82, 2.24) is 9.78 Å². The smallest absolute Gasteiger partial charge is 0.267 e. The van der Waals surface area contributed by atoms with E-state index >= 15 is 0 Å². The Kier molecular flexibility index (Phi) is 3.08. The number of hydrogen-bond acceptors (Lipinski definition) is 2. The zero-order chi connectivity index (χ0) is 15.8. The van der Waals surface area contributed by atoms with Gasteiger partial charge in [0.2, 0.25) is 0 Å². The highest BCUT2D eigenvalue weighted by Crippen LogP contribution is 2.18. The fourth-order valence-electron chi connectivity index (χ4n) is 2.96. The van der Waals surface area contributed by atoms with Gasteiger partial charge in [0.15, 0.2) is 0 Å². The maximum Gasteiger partial charge on any atom is 0.273 e. The average Bonchev–Trinajstić information content (AvgIpc) is 2.60. The fraction of sp³-hybridized carbons (Fsp3) is 0.0526. The van der Waals surface area contributed by atoms with E-state index in [0.29, 0.717) is 17.3 Å². The van der Waals surface area contributed by atoms with Crippen molar-refractivity contribution >= 4 is 21.5 Å². The average molecular weight is 302 g/mol. The van der Waals surface area contributed by atoms with Crippen LogP contribution < -0.4 is 11.1 Å². The van der Waals surface area contributed by atoms with Crippen LogP contribution in [0.3, 0.4) is 0 Å². The monoisotopic (exact) mass is 302 g/mol. The first-order valence-corrected chi connectivity index (χ1v) is 7.42. The number of hydrogen-bond donors (Lipinski definition) is 1. The number of fused-ring (bicyclic) bond motifs is 2. The zero-order valence-electron chi connectivity index (χ0n) is 12.3. The quantitative estimate of drug-likeness (QED) is 0.619. The third-order valence-corrected chi connectivity index (χ3v) is 4.09. The van der Waals surface area contributed by atoms with Gasteiger partial charge in [0.1, 0.15) is 0 Å². The van der Waals surface area contributed by atoms with Crippen LogP contribution in [0.5, 0.6) is 0 Å². The van der Waals surface area contributed by atoms with Gasteiger partial charge in [0, 0.05) is 0 Å². The highest BCUT2D eigenvalue weighted by molar-refractivity contribution is 5.85. The number of nitrogens with one attached hydrogen (secondary N) is 1. The van der Waals surface area contributed by atoms with Crippen molar-refractivity contribution in [2.24, 2.45) is 0 Å². The Morgan fingerprint density at radius 2 is 1.39 bits per heavy atom. The van der Waals surface area contributed by atoms with Crippen molar-refractivity contribution in [3.8, 4) is 0 Å². The van der Waals surface area contributed by atoms with Crippen LogP contribution in [0.25, 0.3) is 21.5 Å². The first kappa shape index (κ1) is 13.5. The molecule has 4 aromatic rings. The molecule has 0 unspecified atom stereocenters. The molecule has 0 saturated carbocycles. The molecule has 0 atom stereocenters. The van der Waals surface area contributed by atoms with Crippen molar-refractivity contribution in [3.05, 3.63) is 93.0 Å². The van der Waals surface area contributed by atoms with Gasteiger partial charge in [-0.15, -0.1) is 0 Å². The lowest BCUT2D eigenvalue weighted by molar-refractivity contribution is 0.639. The van der Waals surface area contributed by atoms with Crippen molar-refractivity contribution in [1.29, 1.82) is 0 Å². The second-order valence-corrected chi connectivity index (χ2v) is 5.52. The zero-order valence-corrected chi connectivity index (χ0v) is 12.3. The van der Waals surface area contributed by atoms with Crippen LogP contribution in [-0.2, 0) is 6.54 Å². The molecule has 23 heavy (non-hydrogen) atoms. The van der Waals surface area contributed by atoms with E-state index in [0.717, 1.165) is 16.3 Å². The van der Waals surface area contributed by atoms with Gasteiger partial charge in [0.05, 0.1) is 17.3 Å². The first-order chi connectivity index (χ1) is 11.2. The maximum absolute atomic E-state index is 12.6. The van der Waals surface area contributed by atoms with E-state index in [1.54, 1.807) is 24.3 Å².